The largest absolute Gasteiger partial charge is 0.481 e. The van der Waals surface area contributed by atoms with Gasteiger partial charge in [0.05, 0.1) is 13.0 Å². The van der Waals surface area contributed by atoms with Crippen LogP contribution in [-0.2, 0) is 22.5 Å². The molecular weight excluding hydrogens is 528 g/mol. The van der Waals surface area contributed by atoms with Gasteiger partial charge in [-0.05, 0) is 42.8 Å². The molecule has 0 bridgehead atoms. The summed E-state index contributed by atoms with van der Waals surface area (Å²) in [6.07, 6.45) is -1.88. The van der Waals surface area contributed by atoms with Crippen molar-refractivity contribution in [3.8, 4) is 17.2 Å². The Labute approximate surface area is 208 Å². The average molecular weight is 548 g/mol. The van der Waals surface area contributed by atoms with Crippen molar-refractivity contribution in [1.29, 1.82) is 0 Å². The number of halogens is 3. The quantitative estimate of drug-likeness (QED) is 0.378. The van der Waals surface area contributed by atoms with E-state index in [1.807, 2.05) is 0 Å². The summed E-state index contributed by atoms with van der Waals surface area (Å²) in [5.41, 5.74) is 1.23. The standard InChI is InChI=1S/C25H20BrF2NO6/c1-14-24(34-21-11-18(27)10-19(28)12-21)35-25(32)29(14)13-16-9-17(26)5-6-22(16)33-20-4-2-3-15(7-20)8-23(30)31/h2-7,9-12,14,24H,8,13H2,1H3,(H,30,31)/t14-,24+/m1/s1. The van der Waals surface area contributed by atoms with Gasteiger partial charge in [0.25, 0.3) is 6.29 Å². The number of carbonyl (C=O) groups excluding carboxylic acids is 1. The zero-order valence-electron chi connectivity index (χ0n) is 18.4. The average Bonchev–Trinajstić information content (AvgIpc) is 3.02. The maximum absolute atomic E-state index is 13.5. The number of amides is 1. The molecule has 1 N–H and O–H groups in total. The van der Waals surface area contributed by atoms with Gasteiger partial charge in [-0.2, -0.15) is 0 Å². The Hall–Kier alpha value is -3.66. The highest BCUT2D eigenvalue weighted by atomic mass is 79.9. The lowest BCUT2D eigenvalue weighted by atomic mass is 10.1. The zero-order chi connectivity index (χ0) is 25.1. The van der Waals surface area contributed by atoms with Gasteiger partial charge >= 0.3 is 12.1 Å². The van der Waals surface area contributed by atoms with E-state index in [0.29, 0.717) is 22.6 Å². The lowest BCUT2D eigenvalue weighted by Crippen LogP contribution is -2.36. The molecule has 10 heteroatoms. The Morgan fingerprint density at radius 3 is 2.54 bits per heavy atom. The first kappa shape index (κ1) is 24.5. The molecule has 1 fully saturated rings. The maximum Gasteiger partial charge on any atom is 0.413 e. The zero-order valence-corrected chi connectivity index (χ0v) is 20.0. The fourth-order valence-electron chi connectivity index (χ4n) is 3.62. The van der Waals surface area contributed by atoms with Crippen molar-refractivity contribution >= 4 is 28.0 Å². The third kappa shape index (κ3) is 6.07. The molecule has 1 aliphatic heterocycles. The number of rotatable bonds is 8. The van der Waals surface area contributed by atoms with E-state index in [1.54, 1.807) is 49.4 Å². The van der Waals surface area contributed by atoms with Crippen molar-refractivity contribution in [2.24, 2.45) is 0 Å². The Kier molecular flexibility index (Phi) is 7.20. The molecule has 1 heterocycles. The van der Waals surface area contributed by atoms with Crippen molar-refractivity contribution in [3.63, 3.8) is 0 Å². The number of benzene rings is 3. The first-order valence-corrected chi connectivity index (χ1v) is 11.3. The van der Waals surface area contributed by atoms with E-state index in [9.17, 15) is 18.4 Å². The molecule has 182 valence electrons. The molecule has 4 rings (SSSR count). The minimum Gasteiger partial charge on any atom is -0.481 e. The monoisotopic (exact) mass is 547 g/mol. The van der Waals surface area contributed by atoms with Gasteiger partial charge < -0.3 is 19.3 Å². The predicted octanol–water partition coefficient (Wildman–Crippen LogP) is 5.89. The summed E-state index contributed by atoms with van der Waals surface area (Å²) in [5, 5.41) is 9.03. The van der Waals surface area contributed by atoms with Crippen LogP contribution in [0, 0.1) is 11.6 Å². The Balaban J connectivity index is 1.52. The van der Waals surface area contributed by atoms with Crippen molar-refractivity contribution in [2.45, 2.75) is 32.2 Å². The number of cyclic esters (lactones) is 1. The fraction of sp³-hybridized carbons (Fsp3) is 0.200. The minimum absolute atomic E-state index is 0.0956. The highest BCUT2D eigenvalue weighted by Gasteiger charge is 2.41. The molecular formula is C25H20BrF2NO6. The minimum atomic E-state index is -1.08. The van der Waals surface area contributed by atoms with Gasteiger partial charge in [-0.1, -0.05) is 28.1 Å². The van der Waals surface area contributed by atoms with Gasteiger partial charge in [0.15, 0.2) is 0 Å². The predicted molar refractivity (Wildman–Crippen MR) is 124 cm³/mol. The van der Waals surface area contributed by atoms with Crippen molar-refractivity contribution in [3.05, 3.63) is 87.9 Å². The summed E-state index contributed by atoms with van der Waals surface area (Å²) >= 11 is 3.42. The van der Waals surface area contributed by atoms with Crippen molar-refractivity contribution in [2.75, 3.05) is 0 Å². The van der Waals surface area contributed by atoms with Crippen LogP contribution in [0.2, 0.25) is 0 Å². The van der Waals surface area contributed by atoms with Gasteiger partial charge in [0.1, 0.15) is 34.9 Å². The highest BCUT2D eigenvalue weighted by Crippen LogP contribution is 2.32. The van der Waals surface area contributed by atoms with E-state index in [2.05, 4.69) is 15.9 Å². The normalized spacial score (nSPS) is 17.3. The summed E-state index contributed by atoms with van der Waals surface area (Å²) in [6, 6.07) is 14.1. The number of ether oxygens (including phenoxy) is 3. The number of carbonyl (C=O) groups is 2. The second-order valence-corrected chi connectivity index (χ2v) is 8.83. The van der Waals surface area contributed by atoms with Crippen LogP contribution < -0.4 is 9.47 Å². The molecule has 1 saturated heterocycles. The Bertz CT molecular complexity index is 1250. The van der Waals surface area contributed by atoms with E-state index in [0.717, 1.165) is 22.7 Å². The van der Waals surface area contributed by atoms with Crippen LogP contribution in [0.25, 0.3) is 0 Å². The molecule has 35 heavy (non-hydrogen) atoms. The number of carboxylic acids is 1. The number of hydrogen-bond donors (Lipinski definition) is 1. The molecule has 0 aromatic heterocycles. The second kappa shape index (κ2) is 10.3. The molecule has 0 aliphatic carbocycles. The van der Waals surface area contributed by atoms with Gasteiger partial charge in [0.2, 0.25) is 0 Å². The molecule has 3 aromatic rings. The molecule has 0 saturated carbocycles. The van der Waals surface area contributed by atoms with Crippen LogP contribution in [0.4, 0.5) is 13.6 Å². The fourth-order valence-corrected chi connectivity index (χ4v) is 4.02. The van der Waals surface area contributed by atoms with E-state index in [1.165, 1.54) is 4.90 Å². The number of nitrogens with zero attached hydrogens (tertiary/aromatic N) is 1. The van der Waals surface area contributed by atoms with Gasteiger partial charge in [-0.15, -0.1) is 0 Å². The van der Waals surface area contributed by atoms with Crippen LogP contribution in [0.15, 0.2) is 65.1 Å². The molecule has 3 aromatic carbocycles. The van der Waals surface area contributed by atoms with Crippen LogP contribution in [0.3, 0.4) is 0 Å². The SMILES string of the molecule is C[C@@H]1[C@@H](Oc2cc(F)cc(F)c2)OC(=O)N1Cc1cc(Br)ccc1Oc1cccc(CC(=O)O)c1. The van der Waals surface area contributed by atoms with Crippen LogP contribution in [-0.4, -0.2) is 34.4 Å². The number of hydrogen-bond acceptors (Lipinski definition) is 5. The summed E-state index contributed by atoms with van der Waals surface area (Å²) in [5.74, 6) is -1.77. The summed E-state index contributed by atoms with van der Waals surface area (Å²) in [4.78, 5) is 25.0. The molecule has 0 spiro atoms. The number of aliphatic carboxylic acids is 1. The first-order chi connectivity index (χ1) is 16.7. The molecule has 1 amide bonds. The van der Waals surface area contributed by atoms with Crippen LogP contribution in [0.1, 0.15) is 18.1 Å². The molecule has 1 aliphatic rings. The Morgan fingerprint density at radius 1 is 1.09 bits per heavy atom. The van der Waals surface area contributed by atoms with Crippen molar-refractivity contribution in [1.82, 2.24) is 4.90 Å². The van der Waals surface area contributed by atoms with Gasteiger partial charge in [0, 0.05) is 28.2 Å². The van der Waals surface area contributed by atoms with Gasteiger partial charge in [-0.3, -0.25) is 9.69 Å². The maximum atomic E-state index is 13.5. The van der Waals surface area contributed by atoms with Gasteiger partial charge in [-0.25, -0.2) is 13.6 Å². The first-order valence-electron chi connectivity index (χ1n) is 10.5. The summed E-state index contributed by atoms with van der Waals surface area (Å²) in [6.45, 7) is 1.79. The lowest BCUT2D eigenvalue weighted by molar-refractivity contribution is -0.136. The van der Waals surface area contributed by atoms with E-state index in [4.69, 9.17) is 19.3 Å². The third-order valence-corrected chi connectivity index (χ3v) is 5.76. The van der Waals surface area contributed by atoms with E-state index >= 15 is 0 Å². The van der Waals surface area contributed by atoms with Crippen LogP contribution >= 0.6 is 15.9 Å². The third-order valence-electron chi connectivity index (χ3n) is 5.27. The van der Waals surface area contributed by atoms with Crippen LogP contribution in [0.5, 0.6) is 17.2 Å². The van der Waals surface area contributed by atoms with E-state index in [-0.39, 0.29) is 18.7 Å². The number of carboxylic acid groups (broad SMARTS) is 1. The van der Waals surface area contributed by atoms with Crippen molar-refractivity contribution < 1.29 is 37.7 Å². The smallest absolute Gasteiger partial charge is 0.413 e. The highest BCUT2D eigenvalue weighted by molar-refractivity contribution is 9.10. The Morgan fingerprint density at radius 2 is 1.83 bits per heavy atom. The summed E-state index contributed by atoms with van der Waals surface area (Å²) < 4.78 is 44.6. The molecule has 7 nitrogen and oxygen atoms in total. The topological polar surface area (TPSA) is 85.3 Å². The van der Waals surface area contributed by atoms with E-state index < -0.39 is 36.0 Å². The summed E-state index contributed by atoms with van der Waals surface area (Å²) in [7, 11) is 0. The molecule has 0 radical (unpaired) electrons. The molecule has 0 unspecified atom stereocenters. The second-order valence-electron chi connectivity index (χ2n) is 7.92. The lowest BCUT2D eigenvalue weighted by Gasteiger charge is -2.22. The molecule has 2 atom stereocenters.